The fourth-order valence-electron chi connectivity index (χ4n) is 2.52. The molecule has 30 heavy (non-hydrogen) atoms. The van der Waals surface area contributed by atoms with Gasteiger partial charge in [0.1, 0.15) is 5.75 Å². The van der Waals surface area contributed by atoms with Crippen molar-refractivity contribution >= 4 is 22.0 Å². The third-order valence-corrected chi connectivity index (χ3v) is 5.49. The van der Waals surface area contributed by atoms with E-state index in [4.69, 9.17) is 14.2 Å². The number of methoxy groups -OCH3 is 2. The van der Waals surface area contributed by atoms with Crippen molar-refractivity contribution in [2.24, 2.45) is 0 Å². The lowest BCUT2D eigenvalue weighted by Crippen LogP contribution is -2.36. The number of amides is 1. The van der Waals surface area contributed by atoms with E-state index in [0.717, 1.165) is 5.56 Å². The zero-order valence-electron chi connectivity index (χ0n) is 17.2. The van der Waals surface area contributed by atoms with E-state index in [-0.39, 0.29) is 30.5 Å². The van der Waals surface area contributed by atoms with E-state index in [1.807, 2.05) is 25.1 Å². The van der Waals surface area contributed by atoms with Gasteiger partial charge in [0, 0.05) is 13.1 Å². The lowest BCUT2D eigenvalue weighted by Gasteiger charge is -2.12. The fraction of sp³-hybridized carbons (Fsp3) is 0.286. The summed E-state index contributed by atoms with van der Waals surface area (Å²) in [5.74, 6) is 1.15. The van der Waals surface area contributed by atoms with Crippen molar-refractivity contribution in [3.05, 3.63) is 54.1 Å². The van der Waals surface area contributed by atoms with Gasteiger partial charge < -0.3 is 19.5 Å². The monoisotopic (exact) mass is 434 g/mol. The Balaban J connectivity index is 1.78. The van der Waals surface area contributed by atoms with Crippen LogP contribution < -0.4 is 24.2 Å². The summed E-state index contributed by atoms with van der Waals surface area (Å²) in [4.78, 5) is 12.1. The average molecular weight is 435 g/mol. The van der Waals surface area contributed by atoms with Crippen LogP contribution in [0, 0.1) is 0 Å². The van der Waals surface area contributed by atoms with Gasteiger partial charge in [-0.3, -0.25) is 4.79 Å². The summed E-state index contributed by atoms with van der Waals surface area (Å²) in [5.41, 5.74) is 0.954. The van der Waals surface area contributed by atoms with E-state index >= 15 is 0 Å². The Morgan fingerprint density at radius 2 is 1.73 bits per heavy atom. The highest BCUT2D eigenvalue weighted by atomic mass is 32.2. The van der Waals surface area contributed by atoms with Gasteiger partial charge in [0.25, 0.3) is 5.91 Å². The maximum atomic E-state index is 12.2. The lowest BCUT2D eigenvalue weighted by molar-refractivity contribution is -0.123. The molecule has 0 aliphatic heterocycles. The maximum Gasteiger partial charge on any atom is 0.257 e. The Morgan fingerprint density at radius 3 is 2.37 bits per heavy atom. The Labute approximate surface area is 176 Å². The molecule has 0 bridgehead atoms. The molecule has 2 rings (SSSR count). The number of rotatable bonds is 11. The summed E-state index contributed by atoms with van der Waals surface area (Å²) < 4.78 is 42.7. The first-order chi connectivity index (χ1) is 14.4. The van der Waals surface area contributed by atoms with Gasteiger partial charge in [-0.15, -0.1) is 0 Å². The smallest absolute Gasteiger partial charge is 0.257 e. The molecule has 0 aliphatic carbocycles. The number of benzene rings is 2. The molecule has 2 N–H and O–H groups in total. The first-order valence-corrected chi connectivity index (χ1v) is 10.7. The van der Waals surface area contributed by atoms with Crippen molar-refractivity contribution in [2.75, 3.05) is 33.9 Å². The molecule has 0 aromatic heterocycles. The van der Waals surface area contributed by atoms with Crippen molar-refractivity contribution in [3.63, 3.8) is 0 Å². The molecule has 0 heterocycles. The summed E-state index contributed by atoms with van der Waals surface area (Å²) in [6.07, 6.45) is 3.83. The minimum absolute atomic E-state index is 0.0431. The fourth-order valence-corrected chi connectivity index (χ4v) is 3.55. The molecule has 162 valence electrons. The largest absolute Gasteiger partial charge is 0.497 e. The topological polar surface area (TPSA) is 103 Å². The average Bonchev–Trinajstić information content (AvgIpc) is 2.76. The van der Waals surface area contributed by atoms with Crippen LogP contribution in [0.5, 0.6) is 17.2 Å². The number of allylic oxidation sites excluding steroid dienone is 1. The third kappa shape index (κ3) is 6.78. The van der Waals surface area contributed by atoms with E-state index < -0.39 is 10.0 Å². The van der Waals surface area contributed by atoms with Gasteiger partial charge in [0.05, 0.1) is 19.1 Å². The highest BCUT2D eigenvalue weighted by Gasteiger charge is 2.13. The normalized spacial score (nSPS) is 11.3. The summed E-state index contributed by atoms with van der Waals surface area (Å²) in [7, 11) is -0.639. The Bertz CT molecular complexity index is 971. The highest BCUT2D eigenvalue weighted by molar-refractivity contribution is 7.89. The van der Waals surface area contributed by atoms with Crippen LogP contribution in [0.1, 0.15) is 12.5 Å². The first-order valence-electron chi connectivity index (χ1n) is 9.23. The van der Waals surface area contributed by atoms with E-state index in [9.17, 15) is 13.2 Å². The molecule has 0 fully saturated rings. The second-order valence-electron chi connectivity index (χ2n) is 6.12. The Morgan fingerprint density at radius 1 is 1.00 bits per heavy atom. The molecule has 9 heteroatoms. The molecule has 0 aliphatic rings. The number of carbonyl (C=O) groups excluding carboxylic acids is 1. The number of carbonyl (C=O) groups is 1. The molecule has 2 aromatic carbocycles. The van der Waals surface area contributed by atoms with Gasteiger partial charge in [-0.05, 0) is 48.9 Å². The van der Waals surface area contributed by atoms with Crippen molar-refractivity contribution in [3.8, 4) is 17.2 Å². The minimum Gasteiger partial charge on any atom is -0.497 e. The van der Waals surface area contributed by atoms with Gasteiger partial charge in [-0.25, -0.2) is 13.1 Å². The molecule has 2 aromatic rings. The maximum absolute atomic E-state index is 12.2. The van der Waals surface area contributed by atoms with Crippen molar-refractivity contribution in [1.82, 2.24) is 10.0 Å². The van der Waals surface area contributed by atoms with Crippen LogP contribution in [0.3, 0.4) is 0 Å². The number of hydrogen-bond acceptors (Lipinski definition) is 6. The molecular formula is C21H26N2O6S. The molecule has 0 radical (unpaired) electrons. The SMILES string of the molecule is C/C=C/c1ccc(OCC(=O)NCCNS(=O)(=O)c2ccc(OC)cc2)c(OC)c1. The second kappa shape index (κ2) is 11.2. The molecule has 0 saturated carbocycles. The van der Waals surface area contributed by atoms with Crippen LogP contribution in [0.2, 0.25) is 0 Å². The van der Waals surface area contributed by atoms with Crippen LogP contribution in [-0.2, 0) is 14.8 Å². The van der Waals surface area contributed by atoms with Gasteiger partial charge in [-0.2, -0.15) is 0 Å². The summed E-state index contributed by atoms with van der Waals surface area (Å²) in [6.45, 7) is 1.86. The van der Waals surface area contributed by atoms with Crippen molar-refractivity contribution < 1.29 is 27.4 Å². The number of hydrogen-bond donors (Lipinski definition) is 2. The van der Waals surface area contributed by atoms with E-state index in [2.05, 4.69) is 10.0 Å². The van der Waals surface area contributed by atoms with Gasteiger partial charge in [0.15, 0.2) is 18.1 Å². The van der Waals surface area contributed by atoms with Crippen LogP contribution in [0.15, 0.2) is 53.4 Å². The van der Waals surface area contributed by atoms with E-state index in [0.29, 0.717) is 17.2 Å². The van der Waals surface area contributed by atoms with Gasteiger partial charge >= 0.3 is 0 Å². The van der Waals surface area contributed by atoms with Crippen LogP contribution in [0.4, 0.5) is 0 Å². The van der Waals surface area contributed by atoms with Crippen molar-refractivity contribution in [1.29, 1.82) is 0 Å². The molecule has 0 unspecified atom stereocenters. The standard InChI is InChI=1S/C21H26N2O6S/c1-4-5-16-6-11-19(20(14-16)28-3)29-15-21(24)22-12-13-23-30(25,26)18-9-7-17(27-2)8-10-18/h4-11,14,23H,12-13,15H2,1-3H3,(H,22,24)/b5-4+. The number of nitrogens with one attached hydrogen (secondary N) is 2. The molecule has 0 atom stereocenters. The van der Waals surface area contributed by atoms with E-state index in [1.165, 1.54) is 26.4 Å². The molecule has 0 spiro atoms. The number of sulfonamides is 1. The molecular weight excluding hydrogens is 408 g/mol. The first kappa shape index (κ1) is 23.2. The van der Waals surface area contributed by atoms with E-state index in [1.54, 1.807) is 24.3 Å². The lowest BCUT2D eigenvalue weighted by atomic mass is 10.2. The minimum atomic E-state index is -3.67. The second-order valence-corrected chi connectivity index (χ2v) is 7.89. The molecule has 8 nitrogen and oxygen atoms in total. The quantitative estimate of drug-likeness (QED) is 0.526. The molecule has 0 saturated heterocycles. The van der Waals surface area contributed by atoms with Crippen molar-refractivity contribution in [2.45, 2.75) is 11.8 Å². The van der Waals surface area contributed by atoms with Gasteiger partial charge in [-0.1, -0.05) is 18.2 Å². The van der Waals surface area contributed by atoms with Crippen LogP contribution in [0.25, 0.3) is 6.08 Å². The summed E-state index contributed by atoms with van der Waals surface area (Å²) in [5, 5.41) is 2.60. The predicted octanol–water partition coefficient (Wildman–Crippen LogP) is 2.21. The summed E-state index contributed by atoms with van der Waals surface area (Å²) >= 11 is 0. The zero-order chi connectivity index (χ0) is 22.0. The zero-order valence-corrected chi connectivity index (χ0v) is 18.0. The Kier molecular flexibility index (Phi) is 8.70. The molecule has 1 amide bonds. The highest BCUT2D eigenvalue weighted by Crippen LogP contribution is 2.28. The Hall–Kier alpha value is -3.04. The van der Waals surface area contributed by atoms with Gasteiger partial charge in [0.2, 0.25) is 10.0 Å². The van der Waals surface area contributed by atoms with Crippen LogP contribution >= 0.6 is 0 Å². The summed E-state index contributed by atoms with van der Waals surface area (Å²) in [6, 6.07) is 11.4. The predicted molar refractivity (Wildman–Crippen MR) is 114 cm³/mol. The van der Waals surface area contributed by atoms with Crippen LogP contribution in [-0.4, -0.2) is 48.2 Å². The third-order valence-electron chi connectivity index (χ3n) is 4.01. The number of ether oxygens (including phenoxy) is 3.